The van der Waals surface area contributed by atoms with E-state index in [2.05, 4.69) is 36.5 Å². The van der Waals surface area contributed by atoms with Gasteiger partial charge in [-0.2, -0.15) is 0 Å². The molecular weight excluding hydrogens is 468 g/mol. The Morgan fingerprint density at radius 2 is 1.71 bits per heavy atom. The van der Waals surface area contributed by atoms with E-state index in [-0.39, 0.29) is 18.9 Å². The first kappa shape index (κ1) is 25.7. The Balaban J connectivity index is 1.70. The van der Waals surface area contributed by atoms with Crippen molar-refractivity contribution in [3.8, 4) is 0 Å². The van der Waals surface area contributed by atoms with Crippen molar-refractivity contribution in [1.29, 1.82) is 0 Å². The van der Waals surface area contributed by atoms with E-state index in [1.54, 1.807) is 0 Å². The van der Waals surface area contributed by atoms with Gasteiger partial charge in [-0.1, -0.05) is 61.0 Å². The second-order valence-electron chi connectivity index (χ2n) is 8.00. The van der Waals surface area contributed by atoms with Gasteiger partial charge in [0.15, 0.2) is 0 Å². The maximum Gasteiger partial charge on any atom is 0.303 e. The summed E-state index contributed by atoms with van der Waals surface area (Å²) in [5, 5.41) is 12.5. The summed E-state index contributed by atoms with van der Waals surface area (Å²) in [6.45, 7) is 4.60. The summed E-state index contributed by atoms with van der Waals surface area (Å²) >= 11 is 7.87. The van der Waals surface area contributed by atoms with Gasteiger partial charge in [-0.05, 0) is 78.2 Å². The van der Waals surface area contributed by atoms with Gasteiger partial charge in [0.25, 0.3) is 0 Å². The highest BCUT2D eigenvalue weighted by molar-refractivity contribution is 8.00. The fourth-order valence-electron chi connectivity index (χ4n) is 3.48. The third-order valence-corrected chi connectivity index (χ3v) is 6.89. The van der Waals surface area contributed by atoms with Crippen LogP contribution in [0.25, 0.3) is 0 Å². The molecule has 0 atom stereocenters. The lowest BCUT2D eigenvalue weighted by Crippen LogP contribution is -2.34. The van der Waals surface area contributed by atoms with Crippen molar-refractivity contribution in [2.45, 2.75) is 44.6 Å². The van der Waals surface area contributed by atoms with Crippen molar-refractivity contribution >= 4 is 41.1 Å². The third-order valence-electron chi connectivity index (χ3n) is 5.45. The van der Waals surface area contributed by atoms with Crippen molar-refractivity contribution in [1.82, 2.24) is 5.32 Å². The highest BCUT2D eigenvalue weighted by atomic mass is 35.5. The average molecular weight is 497 g/mol. The average Bonchev–Trinajstić information content (AvgIpc) is 2.83. The molecule has 2 N–H and O–H groups in total. The summed E-state index contributed by atoms with van der Waals surface area (Å²) < 4.78 is 1.96. The van der Waals surface area contributed by atoms with Gasteiger partial charge in [0.2, 0.25) is 5.91 Å². The summed E-state index contributed by atoms with van der Waals surface area (Å²) in [5.41, 5.74) is 4.95. The summed E-state index contributed by atoms with van der Waals surface area (Å²) in [4.78, 5) is 24.8. The van der Waals surface area contributed by atoms with Crippen molar-refractivity contribution in [3.63, 3.8) is 0 Å². The largest absolute Gasteiger partial charge is 0.481 e. The van der Waals surface area contributed by atoms with Crippen LogP contribution < -0.4 is 9.62 Å². The molecule has 0 spiro atoms. The number of carbonyl (C=O) groups excluding carboxylic acids is 1. The van der Waals surface area contributed by atoms with Crippen LogP contribution in [0.3, 0.4) is 0 Å². The zero-order valence-corrected chi connectivity index (χ0v) is 21.0. The third kappa shape index (κ3) is 7.54. The van der Waals surface area contributed by atoms with E-state index in [0.29, 0.717) is 18.0 Å². The van der Waals surface area contributed by atoms with Gasteiger partial charge < -0.3 is 14.7 Å². The van der Waals surface area contributed by atoms with E-state index in [4.69, 9.17) is 16.7 Å². The molecule has 0 saturated heterocycles. The van der Waals surface area contributed by atoms with Crippen LogP contribution in [0.2, 0.25) is 5.02 Å². The van der Waals surface area contributed by atoms with Crippen LogP contribution in [0.1, 0.15) is 35.6 Å². The number of carboxylic acids is 1. The molecule has 0 aliphatic carbocycles. The monoisotopic (exact) mass is 496 g/mol. The zero-order chi connectivity index (χ0) is 24.5. The van der Waals surface area contributed by atoms with Gasteiger partial charge in [0, 0.05) is 22.9 Å². The van der Waals surface area contributed by atoms with Gasteiger partial charge >= 0.3 is 5.97 Å². The molecule has 0 radical (unpaired) electrons. The van der Waals surface area contributed by atoms with E-state index in [1.165, 1.54) is 17.5 Å². The predicted molar refractivity (Wildman–Crippen MR) is 139 cm³/mol. The first-order valence-corrected chi connectivity index (χ1v) is 12.4. The molecule has 0 heterocycles. The first-order chi connectivity index (χ1) is 16.4. The molecule has 0 aliphatic heterocycles. The highest BCUT2D eigenvalue weighted by Gasteiger charge is 2.17. The number of carbonyl (C=O) groups is 2. The lowest BCUT2D eigenvalue weighted by molar-refractivity contribution is -0.137. The predicted octanol–water partition coefficient (Wildman–Crippen LogP) is 6.06. The molecule has 3 aromatic carbocycles. The van der Waals surface area contributed by atoms with E-state index in [0.717, 1.165) is 33.7 Å². The highest BCUT2D eigenvalue weighted by Crippen LogP contribution is 2.34. The second kappa shape index (κ2) is 12.5. The number of nitrogens with one attached hydrogen (secondary N) is 1. The lowest BCUT2D eigenvalue weighted by atomic mass is 10.1. The molecule has 0 saturated carbocycles. The maximum atomic E-state index is 12.9. The topological polar surface area (TPSA) is 69.6 Å². The van der Waals surface area contributed by atoms with Crippen molar-refractivity contribution in [3.05, 3.63) is 94.0 Å². The van der Waals surface area contributed by atoms with Gasteiger partial charge in [-0.3, -0.25) is 9.59 Å². The standard InChI is InChI=1S/C27H29ClN2O3S/c1-3-20-10-13-23(14-11-20)34-30(25-9-5-8-24(28)19(25)2)18-26(31)29-17-22-7-4-6-21(16-22)12-15-27(32)33/h4-11,13-14,16H,3,12,15,17-18H2,1-2H3,(H,29,31)(H,32,33). The number of halogens is 1. The number of hydrogen-bond acceptors (Lipinski definition) is 4. The Kier molecular flexibility index (Phi) is 9.42. The number of aliphatic carboxylic acids is 1. The molecule has 1 amide bonds. The fraction of sp³-hybridized carbons (Fsp3) is 0.259. The number of benzene rings is 3. The minimum absolute atomic E-state index is 0.0835. The first-order valence-electron chi connectivity index (χ1n) is 11.2. The number of carboxylic acid groups (broad SMARTS) is 1. The molecule has 3 rings (SSSR count). The van der Waals surface area contributed by atoms with Crippen LogP contribution in [0.15, 0.2) is 71.6 Å². The second-order valence-corrected chi connectivity index (χ2v) is 9.50. The van der Waals surface area contributed by atoms with Gasteiger partial charge in [-0.15, -0.1) is 0 Å². The minimum atomic E-state index is -0.822. The Labute approximate surface area is 210 Å². The lowest BCUT2D eigenvalue weighted by Gasteiger charge is -2.25. The molecule has 0 unspecified atom stereocenters. The zero-order valence-electron chi connectivity index (χ0n) is 19.4. The molecule has 0 aromatic heterocycles. The number of aryl methyl sites for hydroxylation is 2. The molecule has 0 fully saturated rings. The van der Waals surface area contributed by atoms with Crippen LogP contribution in [0.5, 0.6) is 0 Å². The molecule has 34 heavy (non-hydrogen) atoms. The molecular formula is C27H29ClN2O3S. The maximum absolute atomic E-state index is 12.9. The smallest absolute Gasteiger partial charge is 0.303 e. The minimum Gasteiger partial charge on any atom is -0.481 e. The van der Waals surface area contributed by atoms with E-state index < -0.39 is 5.97 Å². The van der Waals surface area contributed by atoms with Crippen LogP contribution >= 0.6 is 23.5 Å². The Bertz CT molecular complexity index is 1130. The Morgan fingerprint density at radius 1 is 1.00 bits per heavy atom. The van der Waals surface area contributed by atoms with E-state index >= 15 is 0 Å². The summed E-state index contributed by atoms with van der Waals surface area (Å²) in [5.74, 6) is -0.940. The SMILES string of the molecule is CCc1ccc(SN(CC(=O)NCc2cccc(CCC(=O)O)c2)c2cccc(Cl)c2C)cc1. The number of anilines is 1. The molecule has 178 valence electrons. The summed E-state index contributed by atoms with van der Waals surface area (Å²) in [7, 11) is 0. The quantitative estimate of drug-likeness (QED) is 0.316. The van der Waals surface area contributed by atoms with Crippen LogP contribution in [-0.2, 0) is 29.0 Å². The molecule has 0 bridgehead atoms. The van der Waals surface area contributed by atoms with Gasteiger partial charge in [0.05, 0.1) is 5.69 Å². The van der Waals surface area contributed by atoms with Crippen molar-refractivity contribution < 1.29 is 14.7 Å². The van der Waals surface area contributed by atoms with Gasteiger partial charge in [-0.25, -0.2) is 0 Å². The van der Waals surface area contributed by atoms with E-state index in [1.807, 2.05) is 53.7 Å². The number of hydrogen-bond donors (Lipinski definition) is 2. The Morgan fingerprint density at radius 3 is 2.41 bits per heavy atom. The fourth-order valence-corrected chi connectivity index (χ4v) is 4.64. The normalized spacial score (nSPS) is 10.7. The molecule has 0 aliphatic rings. The van der Waals surface area contributed by atoms with Crippen LogP contribution in [0.4, 0.5) is 5.69 Å². The number of amides is 1. The summed E-state index contributed by atoms with van der Waals surface area (Å²) in [6, 6.07) is 21.7. The van der Waals surface area contributed by atoms with Crippen LogP contribution in [0, 0.1) is 6.92 Å². The number of rotatable bonds is 11. The number of nitrogens with zero attached hydrogens (tertiary/aromatic N) is 1. The Hall–Kier alpha value is -2.96. The van der Waals surface area contributed by atoms with Gasteiger partial charge in [0.1, 0.15) is 6.54 Å². The van der Waals surface area contributed by atoms with Crippen molar-refractivity contribution in [2.24, 2.45) is 0 Å². The molecule has 5 nitrogen and oxygen atoms in total. The summed E-state index contributed by atoms with van der Waals surface area (Å²) in [6.07, 6.45) is 1.52. The van der Waals surface area contributed by atoms with E-state index in [9.17, 15) is 9.59 Å². The molecule has 7 heteroatoms. The molecule has 3 aromatic rings. The van der Waals surface area contributed by atoms with Crippen LogP contribution in [-0.4, -0.2) is 23.5 Å². The van der Waals surface area contributed by atoms with Crippen molar-refractivity contribution in [2.75, 3.05) is 10.8 Å².